The predicted octanol–water partition coefficient (Wildman–Crippen LogP) is 4.53. The molecule has 0 saturated carbocycles. The maximum Gasteiger partial charge on any atom is 0.416 e. The second-order valence-electron chi connectivity index (χ2n) is 7.14. The van der Waals surface area contributed by atoms with Crippen LogP contribution in [0.3, 0.4) is 0 Å². The third-order valence-electron chi connectivity index (χ3n) is 5.22. The van der Waals surface area contributed by atoms with Crippen LogP contribution < -0.4 is 14.8 Å². The first-order valence-corrected chi connectivity index (χ1v) is 9.47. The number of hydrogen-bond acceptors (Lipinski definition) is 4. The van der Waals surface area contributed by atoms with E-state index < -0.39 is 23.5 Å². The van der Waals surface area contributed by atoms with Crippen molar-refractivity contribution in [1.29, 1.82) is 0 Å². The largest absolute Gasteiger partial charge is 0.493 e. The molecule has 2 aromatic carbocycles. The van der Waals surface area contributed by atoms with Gasteiger partial charge in [-0.25, -0.2) is 4.39 Å². The number of alkyl halides is 3. The van der Waals surface area contributed by atoms with Gasteiger partial charge in [-0.2, -0.15) is 13.2 Å². The van der Waals surface area contributed by atoms with Crippen molar-refractivity contribution >= 4 is 11.7 Å². The summed E-state index contributed by atoms with van der Waals surface area (Å²) in [6.45, 7) is -0.424. The fourth-order valence-corrected chi connectivity index (χ4v) is 3.76. The molecule has 1 N–H and O–H groups in total. The number of hydrogen-bond donors (Lipinski definition) is 1. The first-order valence-electron chi connectivity index (χ1n) is 9.47. The highest BCUT2D eigenvalue weighted by Gasteiger charge is 2.36. The van der Waals surface area contributed by atoms with E-state index in [1.807, 2.05) is 0 Å². The first-order chi connectivity index (χ1) is 14.8. The highest BCUT2D eigenvalue weighted by Crippen LogP contribution is 2.40. The number of aliphatic imine (C=N–C) groups is 1. The molecule has 1 atom stereocenters. The van der Waals surface area contributed by atoms with Gasteiger partial charge in [0.15, 0.2) is 11.5 Å². The lowest BCUT2D eigenvalue weighted by Crippen LogP contribution is -2.39. The topological polar surface area (TPSA) is 59.9 Å². The molecule has 0 aliphatic carbocycles. The number of rotatable bonds is 5. The van der Waals surface area contributed by atoms with Crippen LogP contribution in [0.4, 0.5) is 17.6 Å². The van der Waals surface area contributed by atoms with Crippen LogP contribution in [0.1, 0.15) is 29.0 Å². The van der Waals surface area contributed by atoms with Gasteiger partial charge in [0.2, 0.25) is 5.91 Å². The Morgan fingerprint density at radius 3 is 2.68 bits per heavy atom. The third-order valence-corrected chi connectivity index (χ3v) is 5.22. The summed E-state index contributed by atoms with van der Waals surface area (Å²) in [5.41, 5.74) is 0.183. The molecular weight excluding hydrogens is 416 g/mol. The van der Waals surface area contributed by atoms with Crippen molar-refractivity contribution < 1.29 is 31.8 Å². The number of nitrogens with zero attached hydrogens (tertiary/aromatic N) is 1. The third kappa shape index (κ3) is 4.12. The summed E-state index contributed by atoms with van der Waals surface area (Å²) in [6, 6.07) is 9.96. The zero-order valence-corrected chi connectivity index (χ0v) is 16.4. The van der Waals surface area contributed by atoms with E-state index in [0.717, 1.165) is 6.07 Å². The molecule has 0 aromatic heterocycles. The number of fused-ring (bicyclic) bond motifs is 1. The Labute approximate surface area is 175 Å². The van der Waals surface area contributed by atoms with E-state index in [1.165, 1.54) is 25.3 Å². The maximum absolute atomic E-state index is 14.3. The summed E-state index contributed by atoms with van der Waals surface area (Å²) in [6.07, 6.45) is -4.45. The van der Waals surface area contributed by atoms with Crippen LogP contribution in [-0.2, 0) is 17.6 Å². The lowest BCUT2D eigenvalue weighted by molar-refractivity contribution is -0.138. The van der Waals surface area contributed by atoms with Crippen molar-refractivity contribution in [3.05, 3.63) is 70.6 Å². The van der Waals surface area contributed by atoms with Crippen molar-refractivity contribution in [3.63, 3.8) is 0 Å². The number of amides is 1. The van der Waals surface area contributed by atoms with E-state index in [2.05, 4.69) is 10.3 Å². The summed E-state index contributed by atoms with van der Waals surface area (Å²) in [5, 5.41) is 2.57. The van der Waals surface area contributed by atoms with Gasteiger partial charge in [-0.1, -0.05) is 24.3 Å². The summed E-state index contributed by atoms with van der Waals surface area (Å²) < 4.78 is 64.8. The number of piperidine rings is 1. The van der Waals surface area contributed by atoms with Gasteiger partial charge in [-0.3, -0.25) is 9.79 Å². The van der Waals surface area contributed by atoms with E-state index in [4.69, 9.17) is 9.47 Å². The number of carbonyl (C=O) groups is 1. The molecule has 1 unspecified atom stereocenters. The molecule has 9 heteroatoms. The van der Waals surface area contributed by atoms with E-state index >= 15 is 0 Å². The standard InChI is InChI=1S/C22H18F4N2O3/c1-30-18-8-12(14-9-19(29)28-21-20(14)16(23)10-27-21)6-7-17(18)31-11-13-4-2-3-5-15(13)22(24,25)26/h2-8,14H,9-11H2,1H3,(H,27,28,29). The molecule has 0 radical (unpaired) electrons. The Bertz CT molecular complexity index is 1090. The van der Waals surface area contributed by atoms with Crippen LogP contribution >= 0.6 is 0 Å². The molecule has 31 heavy (non-hydrogen) atoms. The minimum atomic E-state index is -4.49. The SMILES string of the molecule is COc1cc(C2CC(=O)NC3=NCC(F)=C32)ccc1OCc1ccccc1C(F)(F)F. The molecule has 2 aromatic rings. The van der Waals surface area contributed by atoms with Gasteiger partial charge in [0.1, 0.15) is 18.3 Å². The Hall–Kier alpha value is -3.36. The van der Waals surface area contributed by atoms with E-state index in [1.54, 1.807) is 18.2 Å². The molecule has 2 aliphatic rings. The highest BCUT2D eigenvalue weighted by molar-refractivity contribution is 6.13. The van der Waals surface area contributed by atoms with Crippen LogP contribution in [0, 0.1) is 0 Å². The molecule has 162 valence electrons. The molecule has 1 amide bonds. The quantitative estimate of drug-likeness (QED) is 0.704. The number of carbonyl (C=O) groups excluding carboxylic acids is 1. The van der Waals surface area contributed by atoms with Gasteiger partial charge in [0.05, 0.1) is 19.2 Å². The Morgan fingerprint density at radius 2 is 1.94 bits per heavy atom. The van der Waals surface area contributed by atoms with Crippen LogP contribution in [-0.4, -0.2) is 25.4 Å². The molecule has 0 bridgehead atoms. The molecule has 2 aliphatic heterocycles. The second kappa shape index (κ2) is 8.05. The Morgan fingerprint density at radius 1 is 1.16 bits per heavy atom. The van der Waals surface area contributed by atoms with E-state index in [0.29, 0.717) is 11.1 Å². The minimum absolute atomic E-state index is 0.0101. The van der Waals surface area contributed by atoms with Crippen molar-refractivity contribution in [2.24, 2.45) is 4.99 Å². The number of ether oxygens (including phenoxy) is 2. The van der Waals surface area contributed by atoms with Gasteiger partial charge in [-0.15, -0.1) is 0 Å². The van der Waals surface area contributed by atoms with Gasteiger partial charge < -0.3 is 14.8 Å². The molecule has 2 heterocycles. The monoisotopic (exact) mass is 434 g/mol. The van der Waals surface area contributed by atoms with E-state index in [9.17, 15) is 22.4 Å². The number of nitrogens with one attached hydrogen (secondary N) is 1. The normalized spacial score (nSPS) is 18.4. The first kappa shape index (κ1) is 20.9. The van der Waals surface area contributed by atoms with Gasteiger partial charge >= 0.3 is 6.18 Å². The van der Waals surface area contributed by atoms with Crippen LogP contribution in [0.25, 0.3) is 0 Å². The van der Waals surface area contributed by atoms with Crippen LogP contribution in [0.2, 0.25) is 0 Å². The average Bonchev–Trinajstić information content (AvgIpc) is 3.11. The lowest BCUT2D eigenvalue weighted by atomic mass is 9.84. The number of amidine groups is 1. The molecule has 5 nitrogen and oxygen atoms in total. The maximum atomic E-state index is 14.3. The average molecular weight is 434 g/mol. The zero-order chi connectivity index (χ0) is 22.2. The Kier molecular flexibility index (Phi) is 5.43. The smallest absolute Gasteiger partial charge is 0.416 e. The summed E-state index contributed by atoms with van der Waals surface area (Å²) in [5.74, 6) is -0.470. The van der Waals surface area contributed by atoms with Crippen LogP contribution in [0.5, 0.6) is 11.5 Å². The summed E-state index contributed by atoms with van der Waals surface area (Å²) in [4.78, 5) is 16.0. The predicted molar refractivity (Wildman–Crippen MR) is 105 cm³/mol. The van der Waals surface area contributed by atoms with Gasteiger partial charge in [-0.05, 0) is 23.8 Å². The number of benzene rings is 2. The zero-order valence-electron chi connectivity index (χ0n) is 16.4. The van der Waals surface area contributed by atoms with Crippen LogP contribution in [0.15, 0.2) is 58.9 Å². The fraction of sp³-hybridized carbons (Fsp3) is 0.273. The van der Waals surface area contributed by atoms with Gasteiger partial charge in [0, 0.05) is 23.5 Å². The van der Waals surface area contributed by atoms with Crippen molar-refractivity contribution in [2.45, 2.75) is 25.1 Å². The van der Waals surface area contributed by atoms with Gasteiger partial charge in [0.25, 0.3) is 0 Å². The highest BCUT2D eigenvalue weighted by atomic mass is 19.4. The molecule has 0 spiro atoms. The van der Waals surface area contributed by atoms with E-state index in [-0.39, 0.29) is 48.4 Å². The number of methoxy groups -OCH3 is 1. The molecule has 4 rings (SSSR count). The fourth-order valence-electron chi connectivity index (χ4n) is 3.76. The van der Waals surface area contributed by atoms with Crippen molar-refractivity contribution in [3.8, 4) is 11.5 Å². The van der Waals surface area contributed by atoms with Crippen molar-refractivity contribution in [1.82, 2.24) is 5.32 Å². The summed E-state index contributed by atoms with van der Waals surface area (Å²) >= 11 is 0. The molecular formula is C22H18F4N2O3. The second-order valence-corrected chi connectivity index (χ2v) is 7.14. The van der Waals surface area contributed by atoms with Crippen molar-refractivity contribution in [2.75, 3.05) is 13.7 Å². The lowest BCUT2D eigenvalue weighted by Gasteiger charge is -2.26. The number of halogens is 4. The molecule has 1 fully saturated rings. The molecule has 1 saturated heterocycles. The Balaban J connectivity index is 1.59. The summed E-state index contributed by atoms with van der Waals surface area (Å²) in [7, 11) is 1.39. The minimum Gasteiger partial charge on any atom is -0.493 e.